The van der Waals surface area contributed by atoms with Crippen LogP contribution in [0, 0.1) is 22.7 Å². The second-order valence-corrected chi connectivity index (χ2v) is 8.02. The molecule has 1 amide bonds. The van der Waals surface area contributed by atoms with E-state index in [0.29, 0.717) is 18.2 Å². The number of fused-ring (bicyclic) bond motifs is 2. The van der Waals surface area contributed by atoms with E-state index in [1.807, 2.05) is 36.4 Å². The van der Waals surface area contributed by atoms with E-state index in [9.17, 15) is 10.1 Å². The lowest BCUT2D eigenvalue weighted by Gasteiger charge is -2.39. The van der Waals surface area contributed by atoms with Crippen molar-refractivity contribution in [2.45, 2.75) is 37.8 Å². The zero-order valence-electron chi connectivity index (χ0n) is 16.5. The van der Waals surface area contributed by atoms with Gasteiger partial charge in [-0.15, -0.1) is 0 Å². The molecule has 2 aromatic rings. The number of aromatic nitrogens is 1. The number of aliphatic imine (C=N–C) groups is 1. The third-order valence-electron chi connectivity index (χ3n) is 6.21. The van der Waals surface area contributed by atoms with Crippen LogP contribution in [0.25, 0.3) is 0 Å². The second kappa shape index (κ2) is 7.67. The Hall–Kier alpha value is -3.60. The van der Waals surface area contributed by atoms with Gasteiger partial charge in [-0.2, -0.15) is 5.26 Å². The lowest BCUT2D eigenvalue weighted by atomic mass is 9.66. The summed E-state index contributed by atoms with van der Waals surface area (Å²) in [5.74, 6) is 0.730. The molecule has 1 aromatic carbocycles. The first-order chi connectivity index (χ1) is 14.5. The molecule has 2 bridgehead atoms. The number of nitriles is 1. The maximum atomic E-state index is 12.1. The number of ether oxygens (including phenoxy) is 1. The summed E-state index contributed by atoms with van der Waals surface area (Å²) in [7, 11) is 0. The molecule has 0 aliphatic heterocycles. The summed E-state index contributed by atoms with van der Waals surface area (Å²) in [4.78, 5) is 21.0. The topological polar surface area (TPSA) is 139 Å². The Morgan fingerprint density at radius 3 is 2.70 bits per heavy atom. The highest BCUT2D eigenvalue weighted by Crippen LogP contribution is 2.65. The largest absolute Gasteiger partial charge is 0.444 e. The van der Waals surface area contributed by atoms with Crippen LogP contribution in [0.5, 0.6) is 0 Å². The predicted octanol–water partition coefficient (Wildman–Crippen LogP) is 3.01. The molecule has 3 atom stereocenters. The molecule has 8 nitrogen and oxygen atoms in total. The molecule has 2 fully saturated rings. The van der Waals surface area contributed by atoms with Crippen molar-refractivity contribution in [3.8, 4) is 6.07 Å². The van der Waals surface area contributed by atoms with E-state index in [0.717, 1.165) is 30.4 Å². The van der Waals surface area contributed by atoms with Crippen molar-refractivity contribution in [1.82, 2.24) is 4.98 Å². The number of anilines is 1. The number of rotatable bonds is 5. The molecule has 0 spiro atoms. The number of amides is 1. The van der Waals surface area contributed by atoms with Crippen LogP contribution in [-0.4, -0.2) is 17.0 Å². The van der Waals surface area contributed by atoms with Crippen LogP contribution < -0.4 is 16.8 Å². The lowest BCUT2D eigenvalue weighted by Crippen LogP contribution is -2.43. The first-order valence-corrected chi connectivity index (χ1v) is 9.93. The van der Waals surface area contributed by atoms with E-state index in [1.54, 1.807) is 12.3 Å². The van der Waals surface area contributed by atoms with Crippen LogP contribution in [0.1, 0.15) is 36.8 Å². The third kappa shape index (κ3) is 3.43. The fourth-order valence-electron chi connectivity index (χ4n) is 4.91. The fraction of sp³-hybridized carbons (Fsp3) is 0.364. The van der Waals surface area contributed by atoms with Crippen LogP contribution in [-0.2, 0) is 16.9 Å². The molecule has 4 rings (SSSR count). The van der Waals surface area contributed by atoms with Gasteiger partial charge in [-0.05, 0) is 48.8 Å². The van der Waals surface area contributed by atoms with E-state index >= 15 is 0 Å². The van der Waals surface area contributed by atoms with Crippen LogP contribution in [0.15, 0.2) is 53.7 Å². The van der Waals surface area contributed by atoms with Gasteiger partial charge in [0.25, 0.3) is 0 Å². The number of pyridine rings is 1. The number of nitrogens with zero attached hydrogens (tertiary/aromatic N) is 3. The number of carbonyl (C=O) groups is 1. The Morgan fingerprint density at radius 2 is 2.07 bits per heavy atom. The van der Waals surface area contributed by atoms with Gasteiger partial charge in [-0.25, -0.2) is 14.8 Å². The van der Waals surface area contributed by atoms with Gasteiger partial charge in [-0.1, -0.05) is 36.4 Å². The van der Waals surface area contributed by atoms with Gasteiger partial charge in [0.2, 0.25) is 0 Å². The minimum absolute atomic E-state index is 0.0381. The van der Waals surface area contributed by atoms with Crippen molar-refractivity contribution in [3.05, 3.63) is 59.8 Å². The Bertz CT molecular complexity index is 997. The summed E-state index contributed by atoms with van der Waals surface area (Å²) in [5.41, 5.74) is 11.7. The molecule has 0 radical (unpaired) electrons. The van der Waals surface area contributed by atoms with Gasteiger partial charge >= 0.3 is 6.09 Å². The molecule has 2 aliphatic rings. The molecule has 8 heteroatoms. The number of benzene rings is 1. The summed E-state index contributed by atoms with van der Waals surface area (Å²) < 4.78 is 5.22. The number of guanidine groups is 1. The SMILES string of the molecule is N#CC12CCC(C1)CC2(N=C(N)N)c1ccc(NC(=O)OCc2ccccc2)nc1. The second-order valence-electron chi connectivity index (χ2n) is 8.02. The highest BCUT2D eigenvalue weighted by Gasteiger charge is 2.63. The maximum absolute atomic E-state index is 12.1. The Balaban J connectivity index is 1.50. The summed E-state index contributed by atoms with van der Waals surface area (Å²) in [6.45, 7) is 0.171. The van der Waals surface area contributed by atoms with E-state index < -0.39 is 17.0 Å². The van der Waals surface area contributed by atoms with E-state index in [1.165, 1.54) is 0 Å². The molecule has 154 valence electrons. The van der Waals surface area contributed by atoms with Crippen LogP contribution in [0.2, 0.25) is 0 Å². The molecule has 1 heterocycles. The predicted molar refractivity (Wildman–Crippen MR) is 112 cm³/mol. The minimum atomic E-state index is -0.803. The van der Waals surface area contributed by atoms with Crippen LogP contribution >= 0.6 is 0 Å². The number of nitrogens with one attached hydrogen (secondary N) is 1. The standard InChI is InChI=1S/C22H24N6O2/c23-14-21-9-8-16(10-21)11-22(21,28-19(24)25)17-6-7-18(26-12-17)27-20(29)30-13-15-4-2-1-3-5-15/h1-7,12,16H,8-11,13H2,(H4,24,25,28)(H,26,27,29). The molecule has 2 aliphatic carbocycles. The Morgan fingerprint density at radius 1 is 1.27 bits per heavy atom. The van der Waals surface area contributed by atoms with Crippen molar-refractivity contribution in [2.24, 2.45) is 27.8 Å². The first kappa shape index (κ1) is 19.7. The summed E-state index contributed by atoms with van der Waals surface area (Å²) >= 11 is 0. The molecule has 30 heavy (non-hydrogen) atoms. The molecule has 3 unspecified atom stereocenters. The van der Waals surface area contributed by atoms with Crippen molar-refractivity contribution in [1.29, 1.82) is 5.26 Å². The zero-order valence-corrected chi connectivity index (χ0v) is 16.5. The summed E-state index contributed by atoms with van der Waals surface area (Å²) in [6.07, 6.45) is 4.32. The van der Waals surface area contributed by atoms with E-state index in [2.05, 4.69) is 21.4 Å². The first-order valence-electron chi connectivity index (χ1n) is 9.93. The maximum Gasteiger partial charge on any atom is 0.413 e. The van der Waals surface area contributed by atoms with Crippen molar-refractivity contribution in [2.75, 3.05) is 5.32 Å². The Kier molecular flexibility index (Phi) is 5.04. The van der Waals surface area contributed by atoms with Gasteiger partial charge in [0.05, 0.1) is 11.5 Å². The lowest BCUT2D eigenvalue weighted by molar-refractivity contribution is 0.155. The number of hydrogen-bond donors (Lipinski definition) is 3. The number of carbonyl (C=O) groups excluding carboxylic acids is 1. The number of nitrogens with two attached hydrogens (primary N) is 2. The average molecular weight is 404 g/mol. The summed E-state index contributed by atoms with van der Waals surface area (Å²) in [5, 5.41) is 12.6. The third-order valence-corrected chi connectivity index (χ3v) is 6.21. The fourth-order valence-corrected chi connectivity index (χ4v) is 4.91. The van der Waals surface area contributed by atoms with Crippen LogP contribution in [0.3, 0.4) is 0 Å². The smallest absolute Gasteiger partial charge is 0.413 e. The average Bonchev–Trinajstić information content (AvgIpc) is 3.30. The minimum Gasteiger partial charge on any atom is -0.444 e. The molecular formula is C22H24N6O2. The Labute approximate surface area is 175 Å². The van der Waals surface area contributed by atoms with Gasteiger partial charge in [0.15, 0.2) is 5.96 Å². The highest BCUT2D eigenvalue weighted by molar-refractivity contribution is 5.83. The van der Waals surface area contributed by atoms with Crippen molar-refractivity contribution >= 4 is 17.9 Å². The van der Waals surface area contributed by atoms with Gasteiger partial charge in [0, 0.05) is 6.20 Å². The van der Waals surface area contributed by atoms with Gasteiger partial charge in [-0.3, -0.25) is 5.32 Å². The monoisotopic (exact) mass is 404 g/mol. The van der Waals surface area contributed by atoms with Crippen molar-refractivity contribution < 1.29 is 9.53 Å². The zero-order chi connectivity index (χ0) is 21.2. The quantitative estimate of drug-likeness (QED) is 0.517. The molecule has 1 aromatic heterocycles. The van der Waals surface area contributed by atoms with E-state index in [-0.39, 0.29) is 12.6 Å². The van der Waals surface area contributed by atoms with Crippen LogP contribution in [0.4, 0.5) is 10.6 Å². The normalized spacial score (nSPS) is 26.6. The van der Waals surface area contributed by atoms with Crippen molar-refractivity contribution in [3.63, 3.8) is 0 Å². The van der Waals surface area contributed by atoms with Gasteiger partial charge in [0.1, 0.15) is 18.0 Å². The number of hydrogen-bond acceptors (Lipinski definition) is 5. The van der Waals surface area contributed by atoms with E-state index in [4.69, 9.17) is 16.2 Å². The molecule has 2 saturated carbocycles. The highest BCUT2D eigenvalue weighted by atomic mass is 16.5. The molecule has 5 N–H and O–H groups in total. The molecular weight excluding hydrogens is 380 g/mol. The molecule has 0 saturated heterocycles. The van der Waals surface area contributed by atoms with Gasteiger partial charge < -0.3 is 16.2 Å². The summed E-state index contributed by atoms with van der Waals surface area (Å²) in [6, 6.07) is 15.4.